The van der Waals surface area contributed by atoms with Crippen molar-refractivity contribution in [3.63, 3.8) is 0 Å². The van der Waals surface area contributed by atoms with Gasteiger partial charge >= 0.3 is 0 Å². The molecule has 1 saturated carbocycles. The molecule has 2 bridgehead atoms. The van der Waals surface area contributed by atoms with Crippen molar-refractivity contribution >= 4 is 5.82 Å². The second kappa shape index (κ2) is 8.67. The Kier molecular flexibility index (Phi) is 4.68. The minimum atomic E-state index is -2.78. The second-order valence-electron chi connectivity index (χ2n) is 9.42. The Balaban J connectivity index is 1.24. The van der Waals surface area contributed by atoms with Gasteiger partial charge < -0.3 is 20.1 Å². The Morgan fingerprint density at radius 1 is 1.14 bits per heavy atom. The average Bonchev–Trinajstić information content (AvgIpc) is 3.61. The van der Waals surface area contributed by atoms with E-state index in [1.54, 1.807) is 18.3 Å². The molecule has 3 aliphatic rings. The van der Waals surface area contributed by atoms with Crippen LogP contribution in [0.4, 0.5) is 14.6 Å². The molecule has 8 nitrogen and oxygen atoms in total. The number of ether oxygens (including phenoxy) is 1. The number of anilines is 1. The molecule has 1 aliphatic carbocycles. The highest BCUT2D eigenvalue weighted by atomic mass is 19.1. The number of benzene rings is 1. The summed E-state index contributed by atoms with van der Waals surface area (Å²) in [4.78, 5) is 9.91. The highest BCUT2D eigenvalue weighted by Gasteiger charge is 2.48. The van der Waals surface area contributed by atoms with Crippen LogP contribution in [0.25, 0.3) is 22.5 Å². The van der Waals surface area contributed by atoms with Crippen molar-refractivity contribution in [1.82, 2.24) is 25.5 Å². The highest BCUT2D eigenvalue weighted by molar-refractivity contribution is 5.73. The van der Waals surface area contributed by atoms with E-state index in [1.807, 2.05) is 4.90 Å². The minimum absolute atomic E-state index is 0.124. The van der Waals surface area contributed by atoms with Crippen LogP contribution < -0.4 is 15.0 Å². The lowest BCUT2D eigenvalue weighted by atomic mass is 9.96. The predicted molar refractivity (Wildman–Crippen MR) is 125 cm³/mol. The van der Waals surface area contributed by atoms with Crippen LogP contribution in [0.2, 0.25) is 0 Å². The van der Waals surface area contributed by atoms with Crippen molar-refractivity contribution in [2.45, 2.75) is 62.4 Å². The van der Waals surface area contributed by atoms with Crippen LogP contribution in [-0.4, -0.2) is 62.6 Å². The van der Waals surface area contributed by atoms with Gasteiger partial charge in [-0.1, -0.05) is 6.07 Å². The zero-order valence-corrected chi connectivity index (χ0v) is 18.7. The quantitative estimate of drug-likeness (QED) is 0.513. The molecule has 182 valence electrons. The number of aromatic hydroxyl groups is 1. The third-order valence-electron chi connectivity index (χ3n) is 7.11. The molecule has 3 aromatic rings. The summed E-state index contributed by atoms with van der Waals surface area (Å²) in [7, 11) is -2.78. The Labute approximate surface area is 205 Å². The van der Waals surface area contributed by atoms with Gasteiger partial charge in [-0.2, -0.15) is 9.37 Å². The van der Waals surface area contributed by atoms with Gasteiger partial charge in [0.2, 0.25) is 11.8 Å². The Bertz CT molecular complexity index is 1340. The van der Waals surface area contributed by atoms with Crippen LogP contribution >= 0.6 is 0 Å². The maximum absolute atomic E-state index is 15.3. The summed E-state index contributed by atoms with van der Waals surface area (Å²) >= 11 is 0. The maximum Gasteiger partial charge on any atom is 0.216 e. The summed E-state index contributed by atoms with van der Waals surface area (Å²) in [6.07, 6.45) is 5.09. The van der Waals surface area contributed by atoms with Crippen molar-refractivity contribution < 1.29 is 22.7 Å². The van der Waals surface area contributed by atoms with Crippen molar-refractivity contribution in [2.75, 3.05) is 11.9 Å². The highest BCUT2D eigenvalue weighted by Crippen LogP contribution is 2.40. The molecule has 1 aromatic carbocycles. The Hall–Kier alpha value is -3.40. The number of rotatable bonds is 6. The van der Waals surface area contributed by atoms with Gasteiger partial charge in [0.15, 0.2) is 11.6 Å². The molecule has 35 heavy (non-hydrogen) atoms. The minimum Gasteiger partial charge on any atom is -0.507 e. The molecular weight excluding hydrogens is 454 g/mol. The van der Waals surface area contributed by atoms with Crippen LogP contribution in [-0.2, 0) is 0 Å². The number of halogens is 2. The monoisotopic (exact) mass is 483 g/mol. The molecule has 0 unspecified atom stereocenters. The topological polar surface area (TPSA) is 96.3 Å². The number of hydrogen-bond acceptors (Lipinski definition) is 8. The lowest BCUT2D eigenvalue weighted by Crippen LogP contribution is -2.57. The third-order valence-corrected chi connectivity index (χ3v) is 7.11. The molecule has 2 aromatic heterocycles. The van der Waals surface area contributed by atoms with Crippen molar-refractivity contribution in [1.29, 1.82) is 0 Å². The fraction of sp³-hybridized carbons (Fsp3) is 0.440. The van der Waals surface area contributed by atoms with Gasteiger partial charge in [0.1, 0.15) is 11.9 Å². The number of methoxy groups -OCH3 is 1. The summed E-state index contributed by atoms with van der Waals surface area (Å²) in [6.45, 7) is 0. The summed E-state index contributed by atoms with van der Waals surface area (Å²) in [6, 6.07) is 7.08. The van der Waals surface area contributed by atoms with Crippen LogP contribution in [0.15, 0.2) is 36.5 Å². The standard InChI is InChI=1S/C25H26F2N6O2/c1-35-23-10-14(9-21(26)30-23)13-2-6-17(20(34)8-13)25-28-12-22(31-32-25)33(16-4-5-16)19-11-15-3-7-18(29-15)24(19)27/h2,6,8-10,12,15-16,18-19,24,29,34H,3-5,7,11H2,1H3/t15-,18-,19+,24-/m0/s1/i1D3. The summed E-state index contributed by atoms with van der Waals surface area (Å²) in [5.74, 6) is -0.793. The van der Waals surface area contributed by atoms with Gasteiger partial charge in [0.25, 0.3) is 0 Å². The molecule has 6 rings (SSSR count). The van der Waals surface area contributed by atoms with Gasteiger partial charge in [-0.3, -0.25) is 0 Å². The van der Waals surface area contributed by atoms with Crippen LogP contribution in [0.1, 0.15) is 36.2 Å². The molecule has 2 aliphatic heterocycles. The molecule has 2 saturated heterocycles. The first-order valence-electron chi connectivity index (χ1n) is 13.2. The number of hydrogen-bond donors (Lipinski definition) is 2. The molecule has 2 N–H and O–H groups in total. The summed E-state index contributed by atoms with van der Waals surface area (Å²) in [5, 5.41) is 22.7. The molecule has 3 fully saturated rings. The maximum atomic E-state index is 15.3. The lowest BCUT2D eigenvalue weighted by Gasteiger charge is -2.40. The number of phenols is 1. The number of nitrogens with one attached hydrogen (secondary N) is 1. The Morgan fingerprint density at radius 2 is 2.03 bits per heavy atom. The molecule has 0 spiro atoms. The average molecular weight is 484 g/mol. The van der Waals surface area contributed by atoms with Crippen molar-refractivity contribution in [2.24, 2.45) is 0 Å². The summed E-state index contributed by atoms with van der Waals surface area (Å²) < 4.78 is 55.6. The zero-order chi connectivity index (χ0) is 26.6. The van der Waals surface area contributed by atoms with E-state index >= 15 is 4.39 Å². The largest absolute Gasteiger partial charge is 0.507 e. The molecule has 10 heteroatoms. The number of aromatic nitrogens is 4. The van der Waals surface area contributed by atoms with Gasteiger partial charge in [-0.05, 0) is 55.4 Å². The first kappa shape index (κ1) is 18.9. The van der Waals surface area contributed by atoms with Crippen molar-refractivity contribution in [3.8, 4) is 34.1 Å². The van der Waals surface area contributed by atoms with Crippen LogP contribution in [0.5, 0.6) is 11.6 Å². The second-order valence-corrected chi connectivity index (χ2v) is 9.42. The smallest absolute Gasteiger partial charge is 0.216 e. The SMILES string of the molecule is [2H]C([2H])([2H])Oc1cc(-c2ccc(-c3ncc(N(C4CC4)[C@@H]4C[C@@H]5CC[C@H](N5)[C@@H]4F)nn3)c(O)c2)cc(F)n1. The number of piperidine rings is 1. The van der Waals surface area contributed by atoms with E-state index in [0.29, 0.717) is 29.4 Å². The van der Waals surface area contributed by atoms with Gasteiger partial charge in [0, 0.05) is 30.3 Å². The van der Waals surface area contributed by atoms with Crippen LogP contribution in [0.3, 0.4) is 0 Å². The van der Waals surface area contributed by atoms with E-state index in [2.05, 4.69) is 25.5 Å². The molecule has 0 amide bonds. The van der Waals surface area contributed by atoms with Gasteiger partial charge in [0.05, 0.1) is 29.0 Å². The van der Waals surface area contributed by atoms with E-state index in [1.165, 1.54) is 12.1 Å². The molecular formula is C25H26F2N6O2. The fourth-order valence-electron chi connectivity index (χ4n) is 5.33. The molecule has 4 heterocycles. The van der Waals surface area contributed by atoms with Gasteiger partial charge in [-0.25, -0.2) is 9.37 Å². The van der Waals surface area contributed by atoms with E-state index in [9.17, 15) is 9.50 Å². The van der Waals surface area contributed by atoms with E-state index in [0.717, 1.165) is 31.7 Å². The molecule has 4 atom stereocenters. The normalized spacial score (nSPS) is 27.1. The predicted octanol–water partition coefficient (Wildman–Crippen LogP) is 3.65. The van der Waals surface area contributed by atoms with E-state index in [-0.39, 0.29) is 35.3 Å². The number of phenolic OH excluding ortho intramolecular Hbond substituents is 1. The fourth-order valence-corrected chi connectivity index (χ4v) is 5.33. The number of fused-ring (bicyclic) bond motifs is 2. The van der Waals surface area contributed by atoms with E-state index < -0.39 is 25.0 Å². The zero-order valence-electron chi connectivity index (χ0n) is 21.7. The number of alkyl halides is 1. The first-order valence-corrected chi connectivity index (χ1v) is 11.7. The van der Waals surface area contributed by atoms with Crippen LogP contribution in [0, 0.1) is 5.95 Å². The Morgan fingerprint density at radius 3 is 2.77 bits per heavy atom. The third kappa shape index (κ3) is 4.16. The van der Waals surface area contributed by atoms with E-state index in [4.69, 9.17) is 8.85 Å². The number of nitrogens with zero attached hydrogens (tertiary/aromatic N) is 5. The lowest BCUT2D eigenvalue weighted by molar-refractivity contribution is 0.171. The number of pyridine rings is 1. The summed E-state index contributed by atoms with van der Waals surface area (Å²) in [5.41, 5.74) is 0.981. The first-order chi connectivity index (χ1) is 18.1. The molecule has 0 radical (unpaired) electrons. The van der Waals surface area contributed by atoms with Gasteiger partial charge in [-0.15, -0.1) is 10.2 Å². The van der Waals surface area contributed by atoms with Crippen molar-refractivity contribution in [3.05, 3.63) is 42.5 Å².